The molecule has 0 spiro atoms. The smallest absolute Gasteiger partial charge is 0.433 e. The number of alkyl halides is 3. The Morgan fingerprint density at radius 1 is 1.28 bits per heavy atom. The third kappa shape index (κ3) is 3.83. The molecule has 1 N–H and O–H groups in total. The number of fused-ring (bicyclic) bond motifs is 1. The maximum absolute atomic E-state index is 12.8. The first kappa shape index (κ1) is 18.2. The minimum Gasteiger partial charge on any atom is -0.598 e. The lowest BCUT2D eigenvalue weighted by Crippen LogP contribution is -2.40. The summed E-state index contributed by atoms with van der Waals surface area (Å²) in [5.41, 5.74) is 0.704. The number of hydrogen-bond donors (Lipinski definition) is 1. The fourth-order valence-electron chi connectivity index (χ4n) is 2.60. The monoisotopic (exact) mass is 372 g/mol. The molecule has 9 heteroatoms. The van der Waals surface area contributed by atoms with Gasteiger partial charge < -0.3 is 4.55 Å². The first-order valence-electron chi connectivity index (χ1n) is 7.85. The lowest BCUT2D eigenvalue weighted by atomic mass is 10.1. The molecule has 0 amide bonds. The van der Waals surface area contributed by atoms with Gasteiger partial charge in [-0.1, -0.05) is 0 Å². The molecule has 0 saturated heterocycles. The van der Waals surface area contributed by atoms with E-state index in [4.69, 9.17) is 0 Å². The molecular weight excluding hydrogens is 353 g/mol. The van der Waals surface area contributed by atoms with Crippen LogP contribution in [0.1, 0.15) is 44.6 Å². The van der Waals surface area contributed by atoms with E-state index < -0.39 is 28.0 Å². The zero-order valence-corrected chi connectivity index (χ0v) is 14.9. The van der Waals surface area contributed by atoms with E-state index in [1.165, 1.54) is 6.07 Å². The Balaban J connectivity index is 1.85. The van der Waals surface area contributed by atoms with Crippen molar-refractivity contribution < 1.29 is 17.7 Å². The van der Waals surface area contributed by atoms with E-state index in [0.29, 0.717) is 17.8 Å². The molecule has 0 aliphatic carbocycles. The van der Waals surface area contributed by atoms with Gasteiger partial charge in [-0.15, -0.1) is 4.72 Å². The van der Waals surface area contributed by atoms with Crippen LogP contribution in [-0.2, 0) is 24.1 Å². The van der Waals surface area contributed by atoms with Gasteiger partial charge in [0.25, 0.3) is 0 Å². The summed E-state index contributed by atoms with van der Waals surface area (Å²) >= 11 is -1.23. The van der Waals surface area contributed by atoms with E-state index in [1.54, 1.807) is 10.7 Å². The van der Waals surface area contributed by atoms with Crippen molar-refractivity contribution in [3.8, 4) is 11.3 Å². The Morgan fingerprint density at radius 3 is 2.64 bits per heavy atom. The number of aryl methyl sites for hydroxylation is 1. The number of hydrogen-bond acceptors (Lipinski definition) is 4. The van der Waals surface area contributed by atoms with Crippen LogP contribution in [0.4, 0.5) is 13.2 Å². The second kappa shape index (κ2) is 6.30. The molecule has 0 fully saturated rings. The van der Waals surface area contributed by atoms with Crippen LogP contribution in [0.5, 0.6) is 0 Å². The number of pyridine rings is 1. The molecule has 136 valence electrons. The van der Waals surface area contributed by atoms with Crippen LogP contribution in [0.25, 0.3) is 11.3 Å². The van der Waals surface area contributed by atoms with Crippen molar-refractivity contribution in [1.82, 2.24) is 19.5 Å². The van der Waals surface area contributed by atoms with Gasteiger partial charge in [-0.05, 0) is 45.4 Å². The lowest BCUT2D eigenvalue weighted by Gasteiger charge is -2.26. The Labute approximate surface area is 147 Å². The number of aromatic nitrogens is 3. The number of nitrogens with zero attached hydrogens (tertiary/aromatic N) is 3. The Morgan fingerprint density at radius 2 is 2.00 bits per heavy atom. The molecule has 0 bridgehead atoms. The highest BCUT2D eigenvalue weighted by atomic mass is 32.2. The van der Waals surface area contributed by atoms with Crippen LogP contribution in [0.15, 0.2) is 24.4 Å². The van der Waals surface area contributed by atoms with E-state index in [-0.39, 0.29) is 6.04 Å². The van der Waals surface area contributed by atoms with Crippen molar-refractivity contribution in [2.45, 2.75) is 50.7 Å². The van der Waals surface area contributed by atoms with E-state index in [9.17, 15) is 17.7 Å². The molecule has 2 aromatic rings. The van der Waals surface area contributed by atoms with Gasteiger partial charge in [0.05, 0.1) is 17.4 Å². The molecule has 1 aliphatic rings. The van der Waals surface area contributed by atoms with Crippen LogP contribution < -0.4 is 4.72 Å². The van der Waals surface area contributed by atoms with E-state index in [0.717, 1.165) is 24.4 Å². The highest BCUT2D eigenvalue weighted by Gasteiger charge is 2.35. The zero-order chi connectivity index (χ0) is 18.4. The second-order valence-corrected chi connectivity index (χ2v) is 8.94. The predicted octanol–water partition coefficient (Wildman–Crippen LogP) is 3.46. The van der Waals surface area contributed by atoms with Crippen molar-refractivity contribution in [2.24, 2.45) is 0 Å². The van der Waals surface area contributed by atoms with Crippen molar-refractivity contribution in [3.63, 3.8) is 0 Å². The molecule has 3 rings (SSSR count). The molecule has 5 nitrogen and oxygen atoms in total. The van der Waals surface area contributed by atoms with E-state index >= 15 is 0 Å². The highest BCUT2D eigenvalue weighted by Crippen LogP contribution is 2.34. The number of halogens is 3. The van der Waals surface area contributed by atoms with Crippen LogP contribution in [0.3, 0.4) is 0 Å². The fourth-order valence-corrected chi connectivity index (χ4v) is 3.45. The average Bonchev–Trinajstić information content (AvgIpc) is 3.07. The van der Waals surface area contributed by atoms with Gasteiger partial charge in [0.1, 0.15) is 10.4 Å². The van der Waals surface area contributed by atoms with Crippen LogP contribution in [0, 0.1) is 0 Å². The number of rotatable bonds is 3. The summed E-state index contributed by atoms with van der Waals surface area (Å²) in [6.45, 7) is 6.27. The summed E-state index contributed by atoms with van der Waals surface area (Å²) < 4.78 is 55.2. The summed E-state index contributed by atoms with van der Waals surface area (Å²) in [6.07, 6.45) is -2.62. The van der Waals surface area contributed by atoms with Crippen molar-refractivity contribution in [3.05, 3.63) is 35.8 Å². The summed E-state index contributed by atoms with van der Waals surface area (Å²) in [5, 5.41) is 4.39. The predicted molar refractivity (Wildman–Crippen MR) is 88.8 cm³/mol. The third-order valence-electron chi connectivity index (χ3n) is 3.95. The Hall–Kier alpha value is -1.58. The highest BCUT2D eigenvalue weighted by molar-refractivity contribution is 7.90. The second-order valence-electron chi connectivity index (χ2n) is 6.95. The van der Waals surface area contributed by atoms with Gasteiger partial charge in [-0.2, -0.15) is 18.3 Å². The van der Waals surface area contributed by atoms with E-state index in [1.807, 2.05) is 20.8 Å². The zero-order valence-electron chi connectivity index (χ0n) is 14.1. The maximum atomic E-state index is 12.8. The van der Waals surface area contributed by atoms with Crippen LogP contribution in [0.2, 0.25) is 0 Å². The summed E-state index contributed by atoms with van der Waals surface area (Å²) in [4.78, 5) is 3.37. The standard InChI is InChI=1S/C16H19F3N4OS/c1-15(2,3)25(24)22-11-5-7-23-13(11)9-12(21-23)10-4-6-20-14(8-10)16(17,18)19/h4,6,8-9,11,22H,5,7H2,1-3H3. The molecule has 2 unspecified atom stereocenters. The topological polar surface area (TPSA) is 65.8 Å². The van der Waals surface area contributed by atoms with Crippen LogP contribution in [-0.4, -0.2) is 24.1 Å². The maximum Gasteiger partial charge on any atom is 0.433 e. The van der Waals surface area contributed by atoms with Gasteiger partial charge >= 0.3 is 6.18 Å². The molecule has 25 heavy (non-hydrogen) atoms. The molecule has 0 aromatic carbocycles. The lowest BCUT2D eigenvalue weighted by molar-refractivity contribution is -0.141. The van der Waals surface area contributed by atoms with Gasteiger partial charge in [0, 0.05) is 29.7 Å². The minimum atomic E-state index is -4.49. The Bertz CT molecular complexity index is 769. The summed E-state index contributed by atoms with van der Waals surface area (Å²) in [7, 11) is 0. The first-order chi connectivity index (χ1) is 11.6. The molecule has 1 aliphatic heterocycles. The minimum absolute atomic E-state index is 0.134. The average molecular weight is 372 g/mol. The molecule has 0 radical (unpaired) electrons. The van der Waals surface area contributed by atoms with Crippen molar-refractivity contribution >= 4 is 11.4 Å². The van der Waals surface area contributed by atoms with Gasteiger partial charge in [-0.3, -0.25) is 9.67 Å². The molecule has 2 aromatic heterocycles. The summed E-state index contributed by atoms with van der Waals surface area (Å²) in [5.74, 6) is 0. The first-order valence-corrected chi connectivity index (χ1v) is 9.00. The normalized spacial score (nSPS) is 19.1. The van der Waals surface area contributed by atoms with Gasteiger partial charge in [-0.25, -0.2) is 0 Å². The van der Waals surface area contributed by atoms with E-state index in [2.05, 4.69) is 14.8 Å². The van der Waals surface area contributed by atoms with Crippen LogP contribution >= 0.6 is 0 Å². The van der Waals surface area contributed by atoms with Crippen molar-refractivity contribution in [1.29, 1.82) is 0 Å². The summed E-state index contributed by atoms with van der Waals surface area (Å²) in [6, 6.07) is 4.11. The van der Waals surface area contributed by atoms with Gasteiger partial charge in [0.2, 0.25) is 0 Å². The van der Waals surface area contributed by atoms with Gasteiger partial charge in [0.15, 0.2) is 0 Å². The largest absolute Gasteiger partial charge is 0.598 e. The Kier molecular flexibility index (Phi) is 4.59. The molecule has 2 atom stereocenters. The SMILES string of the molecule is CC(C)(C)[S+]([O-])NC1CCn2nc(-c3ccnc(C(F)(F)F)c3)cc21. The number of nitrogens with one attached hydrogen (secondary N) is 1. The van der Waals surface area contributed by atoms with Crippen molar-refractivity contribution in [2.75, 3.05) is 0 Å². The molecular formula is C16H19F3N4OS. The molecule has 3 heterocycles. The third-order valence-corrected chi connectivity index (χ3v) is 5.56. The quantitative estimate of drug-likeness (QED) is 0.838. The molecule has 0 saturated carbocycles. The fraction of sp³-hybridized carbons (Fsp3) is 0.500.